The van der Waals surface area contributed by atoms with Crippen LogP contribution in [-0.4, -0.2) is 37.1 Å². The highest BCUT2D eigenvalue weighted by atomic mass is 16.4. The lowest BCUT2D eigenvalue weighted by Crippen LogP contribution is -2.20. The van der Waals surface area contributed by atoms with Crippen LogP contribution in [0.5, 0.6) is 0 Å². The Hall–Kier alpha value is -2.32. The molecule has 104 valence electrons. The van der Waals surface area contributed by atoms with Crippen LogP contribution < -0.4 is 5.32 Å². The van der Waals surface area contributed by atoms with Gasteiger partial charge in [0, 0.05) is 18.7 Å². The minimum absolute atomic E-state index is 0.291. The Morgan fingerprint density at radius 3 is 2.60 bits per heavy atom. The van der Waals surface area contributed by atoms with E-state index in [1.165, 1.54) is 5.56 Å². The van der Waals surface area contributed by atoms with Gasteiger partial charge in [0.05, 0.1) is 0 Å². The number of aryl methyl sites for hydroxylation is 1. The Morgan fingerprint density at radius 1 is 1.30 bits per heavy atom. The van der Waals surface area contributed by atoms with Crippen LogP contribution in [0.2, 0.25) is 0 Å². The molecule has 0 aliphatic heterocycles. The molecular weight excluding hydrogens is 252 g/mol. The molecule has 0 aliphatic carbocycles. The van der Waals surface area contributed by atoms with Crippen LogP contribution in [-0.2, 0) is 0 Å². The van der Waals surface area contributed by atoms with E-state index >= 15 is 0 Å². The standard InChI is InChI=1S/C15H18N4O/c1-11-4-6-12(7-5-11)14-18-13(10-16)15(20-14)17-8-9-19(2)3/h4-7,17H,8-9H2,1-3H3. The van der Waals surface area contributed by atoms with Gasteiger partial charge in [0.15, 0.2) is 0 Å². The minimum atomic E-state index is 0.291. The second-order valence-electron chi connectivity index (χ2n) is 4.90. The highest BCUT2D eigenvalue weighted by molar-refractivity contribution is 5.59. The first-order valence-electron chi connectivity index (χ1n) is 6.46. The van der Waals surface area contributed by atoms with Crippen LogP contribution in [0, 0.1) is 18.3 Å². The molecule has 20 heavy (non-hydrogen) atoms. The number of rotatable bonds is 5. The molecule has 0 atom stereocenters. The summed E-state index contributed by atoms with van der Waals surface area (Å²) in [5, 5.41) is 12.2. The van der Waals surface area contributed by atoms with Crippen molar-refractivity contribution in [1.29, 1.82) is 5.26 Å². The van der Waals surface area contributed by atoms with Crippen LogP contribution in [0.4, 0.5) is 5.88 Å². The molecule has 1 heterocycles. The van der Waals surface area contributed by atoms with Gasteiger partial charge in [0.25, 0.3) is 0 Å². The van der Waals surface area contributed by atoms with Crippen LogP contribution in [0.15, 0.2) is 28.7 Å². The Balaban J connectivity index is 2.18. The predicted molar refractivity (Wildman–Crippen MR) is 78.4 cm³/mol. The highest BCUT2D eigenvalue weighted by Gasteiger charge is 2.13. The van der Waals surface area contributed by atoms with Crippen molar-refractivity contribution >= 4 is 5.88 Å². The topological polar surface area (TPSA) is 65.1 Å². The molecule has 1 N–H and O–H groups in total. The molecule has 1 aromatic heterocycles. The zero-order chi connectivity index (χ0) is 14.5. The molecule has 0 unspecified atom stereocenters. The number of likely N-dealkylation sites (N-methyl/N-ethyl adjacent to an activating group) is 1. The van der Waals surface area contributed by atoms with Crippen LogP contribution in [0.1, 0.15) is 11.3 Å². The zero-order valence-electron chi connectivity index (χ0n) is 12.0. The van der Waals surface area contributed by atoms with Crippen molar-refractivity contribution in [2.24, 2.45) is 0 Å². The van der Waals surface area contributed by atoms with Gasteiger partial charge in [-0.15, -0.1) is 0 Å². The van der Waals surface area contributed by atoms with Gasteiger partial charge in [0.2, 0.25) is 17.5 Å². The van der Waals surface area contributed by atoms with E-state index in [1.807, 2.05) is 45.3 Å². The minimum Gasteiger partial charge on any atom is -0.419 e. The maximum atomic E-state index is 9.11. The quantitative estimate of drug-likeness (QED) is 0.904. The maximum Gasteiger partial charge on any atom is 0.232 e. The lowest BCUT2D eigenvalue weighted by atomic mass is 10.1. The fourth-order valence-electron chi connectivity index (χ4n) is 1.73. The number of anilines is 1. The number of nitriles is 1. The lowest BCUT2D eigenvalue weighted by molar-refractivity contribution is 0.423. The first kappa shape index (κ1) is 14.1. The smallest absolute Gasteiger partial charge is 0.232 e. The number of nitrogens with zero attached hydrogens (tertiary/aromatic N) is 3. The van der Waals surface area contributed by atoms with Gasteiger partial charge in [-0.05, 0) is 33.2 Å². The van der Waals surface area contributed by atoms with E-state index in [2.05, 4.69) is 21.3 Å². The van der Waals surface area contributed by atoms with Crippen molar-refractivity contribution in [2.45, 2.75) is 6.92 Å². The maximum absolute atomic E-state index is 9.11. The number of nitrogens with one attached hydrogen (secondary N) is 1. The van der Waals surface area contributed by atoms with E-state index in [-0.39, 0.29) is 0 Å². The summed E-state index contributed by atoms with van der Waals surface area (Å²) in [5.41, 5.74) is 2.33. The monoisotopic (exact) mass is 270 g/mol. The van der Waals surface area contributed by atoms with Crippen LogP contribution >= 0.6 is 0 Å². The number of hydrogen-bond acceptors (Lipinski definition) is 5. The molecule has 5 nitrogen and oxygen atoms in total. The molecule has 2 rings (SSSR count). The van der Waals surface area contributed by atoms with Gasteiger partial charge < -0.3 is 14.6 Å². The van der Waals surface area contributed by atoms with Gasteiger partial charge >= 0.3 is 0 Å². The van der Waals surface area contributed by atoms with E-state index in [0.717, 1.165) is 12.1 Å². The third kappa shape index (κ3) is 3.37. The Labute approximate surface area is 118 Å². The molecule has 1 aromatic carbocycles. The van der Waals surface area contributed by atoms with Crippen molar-refractivity contribution in [1.82, 2.24) is 9.88 Å². The summed E-state index contributed by atoms with van der Waals surface area (Å²) in [5.74, 6) is 0.902. The lowest BCUT2D eigenvalue weighted by Gasteiger charge is -2.09. The van der Waals surface area contributed by atoms with Gasteiger partial charge in [-0.1, -0.05) is 17.7 Å². The van der Waals surface area contributed by atoms with Crippen molar-refractivity contribution in [3.8, 4) is 17.5 Å². The van der Waals surface area contributed by atoms with Gasteiger partial charge in [-0.2, -0.15) is 10.2 Å². The molecule has 2 aromatic rings. The average Bonchev–Trinajstić information content (AvgIpc) is 2.82. The number of oxazole rings is 1. The Bertz CT molecular complexity index is 608. The van der Waals surface area contributed by atoms with E-state index in [4.69, 9.17) is 9.68 Å². The molecule has 0 bridgehead atoms. The third-order valence-corrected chi connectivity index (χ3v) is 2.88. The summed E-state index contributed by atoms with van der Waals surface area (Å²) in [7, 11) is 3.98. The second-order valence-corrected chi connectivity index (χ2v) is 4.90. The Morgan fingerprint density at radius 2 is 2.00 bits per heavy atom. The molecule has 5 heteroatoms. The summed E-state index contributed by atoms with van der Waals surface area (Å²) >= 11 is 0. The summed E-state index contributed by atoms with van der Waals surface area (Å²) in [6, 6.07) is 9.91. The summed E-state index contributed by atoms with van der Waals surface area (Å²) < 4.78 is 5.65. The molecule has 0 saturated heterocycles. The average molecular weight is 270 g/mol. The zero-order valence-corrected chi connectivity index (χ0v) is 12.0. The molecular formula is C15H18N4O. The van der Waals surface area contributed by atoms with Gasteiger partial charge in [0.1, 0.15) is 6.07 Å². The number of benzene rings is 1. The van der Waals surface area contributed by atoms with Crippen molar-refractivity contribution in [2.75, 3.05) is 32.5 Å². The number of aromatic nitrogens is 1. The van der Waals surface area contributed by atoms with Crippen LogP contribution in [0.25, 0.3) is 11.5 Å². The van der Waals surface area contributed by atoms with Crippen molar-refractivity contribution < 1.29 is 4.42 Å². The summed E-state index contributed by atoms with van der Waals surface area (Å²) in [6.45, 7) is 3.57. The summed E-state index contributed by atoms with van der Waals surface area (Å²) in [4.78, 5) is 6.27. The first-order chi connectivity index (χ1) is 9.60. The van der Waals surface area contributed by atoms with Gasteiger partial charge in [-0.25, -0.2) is 0 Å². The predicted octanol–water partition coefficient (Wildman–Crippen LogP) is 2.50. The Kier molecular flexibility index (Phi) is 4.38. The molecule has 0 saturated carbocycles. The fourth-order valence-corrected chi connectivity index (χ4v) is 1.73. The van der Waals surface area contributed by atoms with E-state index in [9.17, 15) is 0 Å². The normalized spacial score (nSPS) is 10.6. The van der Waals surface area contributed by atoms with Gasteiger partial charge in [-0.3, -0.25) is 0 Å². The largest absolute Gasteiger partial charge is 0.419 e. The molecule has 0 amide bonds. The van der Waals surface area contributed by atoms with Crippen molar-refractivity contribution in [3.05, 3.63) is 35.5 Å². The SMILES string of the molecule is Cc1ccc(-c2nc(C#N)c(NCCN(C)C)o2)cc1. The van der Waals surface area contributed by atoms with Crippen LogP contribution in [0.3, 0.4) is 0 Å². The second kappa shape index (κ2) is 6.22. The molecule has 0 aliphatic rings. The molecule has 0 fully saturated rings. The molecule has 0 spiro atoms. The van der Waals surface area contributed by atoms with Crippen molar-refractivity contribution in [3.63, 3.8) is 0 Å². The fraction of sp³-hybridized carbons (Fsp3) is 0.333. The van der Waals surface area contributed by atoms with E-state index < -0.39 is 0 Å². The first-order valence-corrected chi connectivity index (χ1v) is 6.46. The third-order valence-electron chi connectivity index (χ3n) is 2.88. The summed E-state index contributed by atoms with van der Waals surface area (Å²) in [6.07, 6.45) is 0. The molecule has 0 radical (unpaired) electrons. The van der Waals surface area contributed by atoms with E-state index in [1.54, 1.807) is 0 Å². The van der Waals surface area contributed by atoms with E-state index in [0.29, 0.717) is 24.0 Å². The highest BCUT2D eigenvalue weighted by Crippen LogP contribution is 2.25. The number of hydrogen-bond donors (Lipinski definition) is 1.